The Labute approximate surface area is 86.8 Å². The molecule has 0 amide bonds. The molecular weight excluding hydrogens is 178 g/mol. The van der Waals surface area contributed by atoms with E-state index in [4.69, 9.17) is 9.84 Å². The Balaban J connectivity index is 2.12. The molecule has 0 aliphatic carbocycles. The maximum atomic E-state index is 8.97. The van der Waals surface area contributed by atoms with Gasteiger partial charge in [-0.05, 0) is 32.1 Å². The normalized spacial score (nSPS) is 27.2. The third-order valence-corrected chi connectivity index (χ3v) is 3.08. The number of aliphatic hydroxyl groups excluding tert-OH is 1. The molecule has 1 saturated heterocycles. The van der Waals surface area contributed by atoms with E-state index >= 15 is 0 Å². The molecule has 1 fully saturated rings. The Morgan fingerprint density at radius 3 is 2.79 bits per heavy atom. The van der Waals surface area contributed by atoms with Crippen LogP contribution in [-0.2, 0) is 4.74 Å². The molecule has 3 heteroatoms. The van der Waals surface area contributed by atoms with Crippen LogP contribution in [0.5, 0.6) is 0 Å². The molecular formula is C11H23NO2. The molecule has 0 bridgehead atoms. The Morgan fingerprint density at radius 2 is 2.21 bits per heavy atom. The van der Waals surface area contributed by atoms with Crippen molar-refractivity contribution in [1.82, 2.24) is 5.32 Å². The molecule has 0 saturated carbocycles. The highest BCUT2D eigenvalue weighted by molar-refractivity contribution is 4.72. The zero-order chi connectivity index (χ0) is 10.4. The lowest BCUT2D eigenvalue weighted by atomic mass is 10.0. The van der Waals surface area contributed by atoms with Crippen LogP contribution in [0.3, 0.4) is 0 Å². The average molecular weight is 201 g/mol. The van der Waals surface area contributed by atoms with Crippen LogP contribution < -0.4 is 5.32 Å². The minimum Gasteiger partial charge on any atom is -0.396 e. The molecule has 1 aliphatic heterocycles. The molecule has 0 aromatic heterocycles. The summed E-state index contributed by atoms with van der Waals surface area (Å²) in [5.74, 6) is 0.318. The molecule has 1 aliphatic rings. The predicted molar refractivity (Wildman–Crippen MR) is 57.3 cm³/mol. The van der Waals surface area contributed by atoms with E-state index in [9.17, 15) is 0 Å². The lowest BCUT2D eigenvalue weighted by Gasteiger charge is -2.26. The van der Waals surface area contributed by atoms with Gasteiger partial charge in [0.15, 0.2) is 0 Å². The van der Waals surface area contributed by atoms with E-state index in [0.29, 0.717) is 18.1 Å². The van der Waals surface area contributed by atoms with E-state index < -0.39 is 0 Å². The van der Waals surface area contributed by atoms with Crippen molar-refractivity contribution in [1.29, 1.82) is 0 Å². The van der Waals surface area contributed by atoms with Gasteiger partial charge in [0.1, 0.15) is 0 Å². The summed E-state index contributed by atoms with van der Waals surface area (Å²) in [6.45, 7) is 6.25. The van der Waals surface area contributed by atoms with Gasteiger partial charge in [-0.1, -0.05) is 6.92 Å². The second kappa shape index (κ2) is 6.38. The summed E-state index contributed by atoms with van der Waals surface area (Å²) < 4.78 is 5.62. The van der Waals surface area contributed by atoms with E-state index in [2.05, 4.69) is 19.2 Å². The van der Waals surface area contributed by atoms with Crippen molar-refractivity contribution in [2.75, 3.05) is 19.8 Å². The SMILES string of the molecule is CC(CO)C(C)NCC1CCCCO1. The van der Waals surface area contributed by atoms with Crippen LogP contribution in [0.1, 0.15) is 33.1 Å². The molecule has 0 aromatic carbocycles. The molecule has 84 valence electrons. The monoisotopic (exact) mass is 201 g/mol. The van der Waals surface area contributed by atoms with Crippen LogP contribution >= 0.6 is 0 Å². The van der Waals surface area contributed by atoms with Crippen LogP contribution in [-0.4, -0.2) is 37.0 Å². The first-order valence-electron chi connectivity index (χ1n) is 5.70. The number of ether oxygens (including phenoxy) is 1. The van der Waals surface area contributed by atoms with Gasteiger partial charge in [-0.15, -0.1) is 0 Å². The first kappa shape index (κ1) is 12.0. The van der Waals surface area contributed by atoms with Gasteiger partial charge in [-0.25, -0.2) is 0 Å². The van der Waals surface area contributed by atoms with Gasteiger partial charge < -0.3 is 15.2 Å². The standard InChI is InChI=1S/C11H23NO2/c1-9(8-13)10(2)12-7-11-5-3-4-6-14-11/h9-13H,3-8H2,1-2H3. The summed E-state index contributed by atoms with van der Waals surface area (Å²) in [4.78, 5) is 0. The molecule has 0 radical (unpaired) electrons. The lowest BCUT2D eigenvalue weighted by molar-refractivity contribution is 0.0141. The fraction of sp³-hybridized carbons (Fsp3) is 1.00. The fourth-order valence-corrected chi connectivity index (χ4v) is 1.65. The molecule has 14 heavy (non-hydrogen) atoms. The Kier molecular flexibility index (Phi) is 5.45. The maximum Gasteiger partial charge on any atom is 0.0699 e. The van der Waals surface area contributed by atoms with Crippen LogP contribution in [0.4, 0.5) is 0 Å². The van der Waals surface area contributed by atoms with Gasteiger partial charge in [0.2, 0.25) is 0 Å². The number of rotatable bonds is 5. The first-order chi connectivity index (χ1) is 6.74. The van der Waals surface area contributed by atoms with E-state index in [1.165, 1.54) is 19.3 Å². The van der Waals surface area contributed by atoms with Crippen molar-refractivity contribution in [3.05, 3.63) is 0 Å². The van der Waals surface area contributed by atoms with Crippen molar-refractivity contribution in [3.8, 4) is 0 Å². The predicted octanol–water partition coefficient (Wildman–Crippen LogP) is 1.16. The molecule has 2 N–H and O–H groups in total. The summed E-state index contributed by atoms with van der Waals surface area (Å²) in [5.41, 5.74) is 0. The summed E-state index contributed by atoms with van der Waals surface area (Å²) in [5, 5.41) is 12.4. The summed E-state index contributed by atoms with van der Waals surface area (Å²) in [6.07, 6.45) is 4.06. The van der Waals surface area contributed by atoms with Gasteiger partial charge >= 0.3 is 0 Å². The van der Waals surface area contributed by atoms with Crippen molar-refractivity contribution in [2.24, 2.45) is 5.92 Å². The molecule has 0 aromatic rings. The van der Waals surface area contributed by atoms with Crippen LogP contribution in [0.25, 0.3) is 0 Å². The van der Waals surface area contributed by atoms with E-state index in [1.807, 2.05) is 0 Å². The highest BCUT2D eigenvalue weighted by Crippen LogP contribution is 2.12. The van der Waals surface area contributed by atoms with Crippen LogP contribution in [0, 0.1) is 5.92 Å². The van der Waals surface area contributed by atoms with Crippen molar-refractivity contribution in [2.45, 2.75) is 45.3 Å². The molecule has 3 unspecified atom stereocenters. The Hall–Kier alpha value is -0.120. The topological polar surface area (TPSA) is 41.5 Å². The Bertz CT molecular complexity index is 144. The third-order valence-electron chi connectivity index (χ3n) is 3.08. The molecule has 0 spiro atoms. The first-order valence-corrected chi connectivity index (χ1v) is 5.70. The van der Waals surface area contributed by atoms with E-state index in [0.717, 1.165) is 13.2 Å². The summed E-state index contributed by atoms with van der Waals surface area (Å²) in [7, 11) is 0. The summed E-state index contributed by atoms with van der Waals surface area (Å²) >= 11 is 0. The van der Waals surface area contributed by atoms with Gasteiger partial charge in [0.05, 0.1) is 6.10 Å². The quantitative estimate of drug-likeness (QED) is 0.701. The van der Waals surface area contributed by atoms with Gasteiger partial charge in [0.25, 0.3) is 0 Å². The number of hydrogen-bond acceptors (Lipinski definition) is 3. The lowest BCUT2D eigenvalue weighted by Crippen LogP contribution is -2.40. The average Bonchev–Trinajstić information content (AvgIpc) is 2.26. The zero-order valence-corrected chi connectivity index (χ0v) is 9.33. The van der Waals surface area contributed by atoms with Crippen molar-refractivity contribution >= 4 is 0 Å². The van der Waals surface area contributed by atoms with E-state index in [-0.39, 0.29) is 6.61 Å². The van der Waals surface area contributed by atoms with Gasteiger partial charge in [-0.3, -0.25) is 0 Å². The van der Waals surface area contributed by atoms with Crippen LogP contribution in [0.2, 0.25) is 0 Å². The number of aliphatic hydroxyl groups is 1. The maximum absolute atomic E-state index is 8.97. The highest BCUT2D eigenvalue weighted by atomic mass is 16.5. The fourth-order valence-electron chi connectivity index (χ4n) is 1.65. The Morgan fingerprint density at radius 1 is 1.43 bits per heavy atom. The highest BCUT2D eigenvalue weighted by Gasteiger charge is 2.16. The zero-order valence-electron chi connectivity index (χ0n) is 9.33. The molecule has 3 nitrogen and oxygen atoms in total. The molecule has 1 rings (SSSR count). The van der Waals surface area contributed by atoms with E-state index in [1.54, 1.807) is 0 Å². The number of hydrogen-bond donors (Lipinski definition) is 2. The van der Waals surface area contributed by atoms with Gasteiger partial charge in [-0.2, -0.15) is 0 Å². The smallest absolute Gasteiger partial charge is 0.0699 e. The molecule has 1 heterocycles. The van der Waals surface area contributed by atoms with Gasteiger partial charge in [0, 0.05) is 25.8 Å². The van der Waals surface area contributed by atoms with Crippen molar-refractivity contribution in [3.63, 3.8) is 0 Å². The molecule has 3 atom stereocenters. The second-order valence-electron chi connectivity index (χ2n) is 4.35. The van der Waals surface area contributed by atoms with Crippen LogP contribution in [0.15, 0.2) is 0 Å². The minimum atomic E-state index is 0.250. The summed E-state index contributed by atoms with van der Waals surface area (Å²) in [6, 6.07) is 0.366. The largest absolute Gasteiger partial charge is 0.396 e. The minimum absolute atomic E-state index is 0.250. The number of nitrogens with one attached hydrogen (secondary N) is 1. The third kappa shape index (κ3) is 3.95. The van der Waals surface area contributed by atoms with Crippen molar-refractivity contribution < 1.29 is 9.84 Å². The second-order valence-corrected chi connectivity index (χ2v) is 4.35.